The van der Waals surface area contributed by atoms with E-state index in [1.54, 1.807) is 0 Å². The fraction of sp³-hybridized carbons (Fsp3) is 0.176. The highest BCUT2D eigenvalue weighted by molar-refractivity contribution is 7.80. The summed E-state index contributed by atoms with van der Waals surface area (Å²) in [6.07, 6.45) is 0. The Balaban J connectivity index is 1.95. The maximum absolute atomic E-state index is 11.4. The number of carbonyl (C=O) groups excluding carboxylic acids is 1. The number of nitrogens with zero attached hydrogens (tertiary/aromatic N) is 1. The largest absolute Gasteiger partial charge is 0.343 e. The van der Waals surface area contributed by atoms with Crippen molar-refractivity contribution in [3.63, 3.8) is 0 Å². The van der Waals surface area contributed by atoms with Gasteiger partial charge in [0, 0.05) is 24.7 Å². The molecule has 4 heteroatoms. The second-order valence-electron chi connectivity index (χ2n) is 5.10. The van der Waals surface area contributed by atoms with Crippen molar-refractivity contribution in [2.75, 3.05) is 4.90 Å². The van der Waals surface area contributed by atoms with E-state index in [1.165, 1.54) is 12.5 Å². The molecule has 0 saturated carbocycles. The van der Waals surface area contributed by atoms with E-state index in [4.69, 9.17) is 12.2 Å². The molecule has 0 aromatic heterocycles. The van der Waals surface area contributed by atoms with Crippen LogP contribution in [0.2, 0.25) is 0 Å². The molecule has 1 N–H and O–H groups in total. The summed E-state index contributed by atoms with van der Waals surface area (Å²) in [5, 5.41) is 2.94. The zero-order chi connectivity index (χ0) is 14.8. The topological polar surface area (TPSA) is 32.3 Å². The van der Waals surface area contributed by atoms with Crippen molar-refractivity contribution >= 4 is 28.8 Å². The van der Waals surface area contributed by atoms with E-state index in [-0.39, 0.29) is 11.9 Å². The van der Waals surface area contributed by atoms with Crippen molar-refractivity contribution in [2.45, 2.75) is 19.5 Å². The lowest BCUT2D eigenvalue weighted by Crippen LogP contribution is -2.35. The first-order valence-electron chi connectivity index (χ1n) is 6.88. The Hall–Kier alpha value is -2.20. The summed E-state index contributed by atoms with van der Waals surface area (Å²) in [5.74, 6) is -0.0706. The van der Waals surface area contributed by atoms with E-state index in [0.29, 0.717) is 6.54 Å². The number of anilines is 1. The minimum Gasteiger partial charge on any atom is -0.343 e. The molecule has 2 aromatic carbocycles. The summed E-state index contributed by atoms with van der Waals surface area (Å²) >= 11 is 5.60. The monoisotopic (exact) mass is 296 g/mol. The third kappa shape index (κ3) is 2.67. The standard InChI is InChI=1S/C17H16N2OS/c1-12(20)18-16-14-9-5-6-10-15(14)19(17(16)21)11-13-7-3-2-4-8-13/h2-10,16H,11H2,1H3,(H,18,20). The van der Waals surface area contributed by atoms with Crippen LogP contribution in [0.1, 0.15) is 24.1 Å². The number of benzene rings is 2. The molecule has 1 aliphatic rings. The fourth-order valence-corrected chi connectivity index (χ4v) is 3.01. The Bertz CT molecular complexity index is 684. The van der Waals surface area contributed by atoms with Gasteiger partial charge in [-0.2, -0.15) is 0 Å². The summed E-state index contributed by atoms with van der Waals surface area (Å²) in [7, 11) is 0. The molecular weight excluding hydrogens is 280 g/mol. The van der Waals surface area contributed by atoms with Crippen LogP contribution in [0, 0.1) is 0 Å². The van der Waals surface area contributed by atoms with E-state index < -0.39 is 0 Å². The molecule has 2 aromatic rings. The zero-order valence-electron chi connectivity index (χ0n) is 11.7. The molecule has 0 saturated heterocycles. The van der Waals surface area contributed by atoms with Crippen LogP contribution in [0.3, 0.4) is 0 Å². The predicted octanol–water partition coefficient (Wildman–Crippen LogP) is 3.21. The van der Waals surface area contributed by atoms with Crippen molar-refractivity contribution in [3.05, 3.63) is 65.7 Å². The molecule has 1 aliphatic heterocycles. The Morgan fingerprint density at radius 2 is 1.81 bits per heavy atom. The van der Waals surface area contributed by atoms with Crippen molar-refractivity contribution in [3.8, 4) is 0 Å². The van der Waals surface area contributed by atoms with Gasteiger partial charge in [0.25, 0.3) is 0 Å². The third-order valence-corrected chi connectivity index (χ3v) is 4.04. The molecule has 21 heavy (non-hydrogen) atoms. The van der Waals surface area contributed by atoms with Gasteiger partial charge in [0.15, 0.2) is 0 Å². The Morgan fingerprint density at radius 1 is 1.14 bits per heavy atom. The van der Waals surface area contributed by atoms with Crippen molar-refractivity contribution in [2.24, 2.45) is 0 Å². The van der Waals surface area contributed by atoms with Crippen molar-refractivity contribution < 1.29 is 4.79 Å². The molecule has 106 valence electrons. The van der Waals surface area contributed by atoms with Crippen LogP contribution in [0.4, 0.5) is 5.69 Å². The van der Waals surface area contributed by atoms with Crippen LogP contribution in [0.25, 0.3) is 0 Å². The number of carbonyl (C=O) groups is 1. The number of hydrogen-bond donors (Lipinski definition) is 1. The van der Waals surface area contributed by atoms with Gasteiger partial charge in [-0.25, -0.2) is 0 Å². The smallest absolute Gasteiger partial charge is 0.217 e. The van der Waals surface area contributed by atoms with Crippen LogP contribution in [0.15, 0.2) is 54.6 Å². The average Bonchev–Trinajstić information content (AvgIpc) is 2.74. The van der Waals surface area contributed by atoms with E-state index in [1.807, 2.05) is 42.5 Å². The Morgan fingerprint density at radius 3 is 2.52 bits per heavy atom. The first-order chi connectivity index (χ1) is 10.2. The molecule has 0 aliphatic carbocycles. The lowest BCUT2D eigenvalue weighted by atomic mass is 10.1. The van der Waals surface area contributed by atoms with Gasteiger partial charge < -0.3 is 10.2 Å². The second kappa shape index (κ2) is 5.66. The maximum Gasteiger partial charge on any atom is 0.217 e. The van der Waals surface area contributed by atoms with Gasteiger partial charge >= 0.3 is 0 Å². The molecule has 0 bridgehead atoms. The minimum atomic E-state index is -0.211. The van der Waals surface area contributed by atoms with E-state index in [0.717, 1.165) is 16.2 Å². The summed E-state index contributed by atoms with van der Waals surface area (Å²) < 4.78 is 0. The summed E-state index contributed by atoms with van der Waals surface area (Å²) in [4.78, 5) is 14.3. The van der Waals surface area contributed by atoms with Crippen LogP contribution < -0.4 is 10.2 Å². The van der Waals surface area contributed by atoms with E-state index >= 15 is 0 Å². The maximum atomic E-state index is 11.4. The molecule has 1 unspecified atom stereocenters. The number of nitrogens with one attached hydrogen (secondary N) is 1. The Labute approximate surface area is 129 Å². The quantitative estimate of drug-likeness (QED) is 0.883. The normalized spacial score (nSPS) is 16.7. The summed E-state index contributed by atoms with van der Waals surface area (Å²) in [5.41, 5.74) is 3.33. The van der Waals surface area contributed by atoms with Gasteiger partial charge in [0.1, 0.15) is 11.0 Å². The van der Waals surface area contributed by atoms with Gasteiger partial charge in [-0.1, -0.05) is 60.7 Å². The molecule has 1 heterocycles. The average molecular weight is 296 g/mol. The highest BCUT2D eigenvalue weighted by atomic mass is 32.1. The fourth-order valence-electron chi connectivity index (χ4n) is 2.66. The summed E-state index contributed by atoms with van der Waals surface area (Å²) in [6.45, 7) is 2.23. The van der Waals surface area contributed by atoms with Crippen LogP contribution in [-0.2, 0) is 11.3 Å². The van der Waals surface area contributed by atoms with Gasteiger partial charge in [-0.3, -0.25) is 4.79 Å². The summed E-state index contributed by atoms with van der Waals surface area (Å²) in [6, 6.07) is 18.0. The van der Waals surface area contributed by atoms with Crippen LogP contribution in [0.5, 0.6) is 0 Å². The Kier molecular flexibility index (Phi) is 3.71. The van der Waals surface area contributed by atoms with E-state index in [2.05, 4.69) is 22.3 Å². The number of amides is 1. The number of thiocarbonyl (C=S) groups is 1. The molecule has 0 fully saturated rings. The molecule has 1 amide bonds. The van der Waals surface area contributed by atoms with Gasteiger partial charge in [0.05, 0.1) is 0 Å². The highest BCUT2D eigenvalue weighted by Gasteiger charge is 2.34. The van der Waals surface area contributed by atoms with Gasteiger partial charge in [-0.15, -0.1) is 0 Å². The molecule has 3 rings (SSSR count). The lowest BCUT2D eigenvalue weighted by molar-refractivity contribution is -0.119. The molecule has 0 spiro atoms. The SMILES string of the molecule is CC(=O)NC1C(=S)N(Cc2ccccc2)c2ccccc21. The van der Waals surface area contributed by atoms with Crippen molar-refractivity contribution in [1.29, 1.82) is 0 Å². The number of rotatable bonds is 3. The number of para-hydroxylation sites is 1. The van der Waals surface area contributed by atoms with E-state index in [9.17, 15) is 4.79 Å². The molecule has 0 radical (unpaired) electrons. The lowest BCUT2D eigenvalue weighted by Gasteiger charge is -2.21. The zero-order valence-corrected chi connectivity index (χ0v) is 12.6. The molecule has 3 nitrogen and oxygen atoms in total. The number of fused-ring (bicyclic) bond motifs is 1. The highest BCUT2D eigenvalue weighted by Crippen LogP contribution is 2.37. The van der Waals surface area contributed by atoms with Crippen LogP contribution in [-0.4, -0.2) is 10.9 Å². The number of hydrogen-bond acceptors (Lipinski definition) is 2. The first-order valence-corrected chi connectivity index (χ1v) is 7.29. The molecular formula is C17H16N2OS. The third-order valence-electron chi connectivity index (χ3n) is 3.58. The van der Waals surface area contributed by atoms with Gasteiger partial charge in [-0.05, 0) is 11.6 Å². The van der Waals surface area contributed by atoms with Crippen LogP contribution >= 0.6 is 12.2 Å². The first kappa shape index (κ1) is 13.8. The second-order valence-corrected chi connectivity index (χ2v) is 5.52. The predicted molar refractivity (Wildman–Crippen MR) is 88.2 cm³/mol. The molecule has 1 atom stereocenters. The van der Waals surface area contributed by atoms with Gasteiger partial charge in [0.2, 0.25) is 5.91 Å². The minimum absolute atomic E-state index is 0.0706. The van der Waals surface area contributed by atoms with Crippen molar-refractivity contribution in [1.82, 2.24) is 5.32 Å².